The molecule has 0 spiro atoms. The van der Waals surface area contributed by atoms with Gasteiger partial charge in [0.1, 0.15) is 17.6 Å². The van der Waals surface area contributed by atoms with E-state index >= 15 is 0 Å². The molecule has 0 radical (unpaired) electrons. The van der Waals surface area contributed by atoms with Crippen LogP contribution in [0.15, 0.2) is 47.9 Å². The van der Waals surface area contributed by atoms with Crippen molar-refractivity contribution in [2.45, 2.75) is 44.8 Å². The van der Waals surface area contributed by atoms with Gasteiger partial charge in [-0.2, -0.15) is 5.10 Å². The molecule has 0 bridgehead atoms. The predicted molar refractivity (Wildman–Crippen MR) is 134 cm³/mol. The molecule has 2 atom stereocenters. The highest BCUT2D eigenvalue weighted by Gasteiger charge is 2.25. The van der Waals surface area contributed by atoms with E-state index in [1.54, 1.807) is 23.2 Å². The fourth-order valence-electron chi connectivity index (χ4n) is 4.56. The van der Waals surface area contributed by atoms with Gasteiger partial charge in [0, 0.05) is 57.4 Å². The largest absolute Gasteiger partial charge is 0.376 e. The first-order valence-corrected chi connectivity index (χ1v) is 12.2. The number of anilines is 2. The fraction of sp³-hybridized carbons (Fsp3) is 0.520. The molecule has 2 aliphatic rings. The summed E-state index contributed by atoms with van der Waals surface area (Å²) in [4.78, 5) is 21.9. The summed E-state index contributed by atoms with van der Waals surface area (Å²) in [5.74, 6) is 0.883. The molecule has 1 aliphatic carbocycles. The molecule has 3 aromatic rings. The van der Waals surface area contributed by atoms with Crippen molar-refractivity contribution in [3.8, 4) is 11.4 Å². The zero-order chi connectivity index (χ0) is 23.7. The molecule has 9 heteroatoms. The van der Waals surface area contributed by atoms with Crippen LogP contribution in [0.2, 0.25) is 0 Å². The van der Waals surface area contributed by atoms with Gasteiger partial charge in [-0.1, -0.05) is 0 Å². The summed E-state index contributed by atoms with van der Waals surface area (Å²) in [5, 5.41) is 12.0. The molecule has 2 fully saturated rings. The van der Waals surface area contributed by atoms with Crippen LogP contribution in [0.4, 0.5) is 11.4 Å². The van der Waals surface area contributed by atoms with Crippen LogP contribution in [-0.4, -0.2) is 64.1 Å². The Bertz CT molecular complexity index is 1180. The maximum absolute atomic E-state index is 13.1. The van der Waals surface area contributed by atoms with Gasteiger partial charge in [0.25, 0.3) is 5.56 Å². The first-order valence-electron chi connectivity index (χ1n) is 12.2. The van der Waals surface area contributed by atoms with Crippen molar-refractivity contribution < 1.29 is 0 Å². The number of imidazole rings is 1. The van der Waals surface area contributed by atoms with Gasteiger partial charge in [0.15, 0.2) is 0 Å². The van der Waals surface area contributed by atoms with Crippen LogP contribution in [0.3, 0.4) is 0 Å². The van der Waals surface area contributed by atoms with Gasteiger partial charge in [0.2, 0.25) is 0 Å². The summed E-state index contributed by atoms with van der Waals surface area (Å²) in [6, 6.07) is 6.29. The summed E-state index contributed by atoms with van der Waals surface area (Å²) < 4.78 is 3.67. The van der Waals surface area contributed by atoms with E-state index in [1.807, 2.05) is 48.9 Å². The summed E-state index contributed by atoms with van der Waals surface area (Å²) >= 11 is 0. The standard InChI is InChI=1S/C25H34N8O/c1-18(32-16-24(27-17-32)23-11-22(30(2)3)14-28-29-23)33-10-8-21(12-25(33)34)31-9-4-5-20(15-31)26-13-19-6-7-19/h8,10-12,14,16-20,26H,4-7,9,13,15H2,1-3H3/t18?,20-/m1/s1. The molecule has 1 saturated carbocycles. The fourth-order valence-corrected chi connectivity index (χ4v) is 4.56. The number of nitrogens with zero attached hydrogens (tertiary/aromatic N) is 7. The molecular weight excluding hydrogens is 428 g/mol. The van der Waals surface area contributed by atoms with Gasteiger partial charge in [-0.05, 0) is 57.2 Å². The Morgan fingerprint density at radius 1 is 1.21 bits per heavy atom. The molecule has 3 aromatic heterocycles. The van der Waals surface area contributed by atoms with Gasteiger partial charge in [-0.3, -0.25) is 9.36 Å². The second kappa shape index (κ2) is 9.58. The monoisotopic (exact) mass is 462 g/mol. The van der Waals surface area contributed by atoms with Crippen LogP contribution in [-0.2, 0) is 0 Å². The number of pyridine rings is 1. The number of hydrogen-bond acceptors (Lipinski definition) is 7. The Labute approximate surface area is 200 Å². The lowest BCUT2D eigenvalue weighted by atomic mass is 10.0. The second-order valence-electron chi connectivity index (χ2n) is 9.80. The van der Waals surface area contributed by atoms with Gasteiger partial charge in [-0.25, -0.2) is 4.98 Å². The van der Waals surface area contributed by atoms with E-state index in [2.05, 4.69) is 31.5 Å². The summed E-state index contributed by atoms with van der Waals surface area (Å²) in [6.45, 7) is 5.09. The highest BCUT2D eigenvalue weighted by molar-refractivity contribution is 5.59. The molecule has 1 N–H and O–H groups in total. The molecule has 1 aliphatic heterocycles. The van der Waals surface area contributed by atoms with Crippen LogP contribution < -0.4 is 20.7 Å². The van der Waals surface area contributed by atoms with Gasteiger partial charge in [-0.15, -0.1) is 5.10 Å². The van der Waals surface area contributed by atoms with E-state index in [9.17, 15) is 4.79 Å². The van der Waals surface area contributed by atoms with Crippen LogP contribution in [0.5, 0.6) is 0 Å². The minimum Gasteiger partial charge on any atom is -0.376 e. The first kappa shape index (κ1) is 22.6. The number of aromatic nitrogens is 5. The third-order valence-electron chi connectivity index (χ3n) is 6.96. The van der Waals surface area contributed by atoms with Crippen molar-refractivity contribution in [1.29, 1.82) is 0 Å². The first-order chi connectivity index (χ1) is 16.5. The summed E-state index contributed by atoms with van der Waals surface area (Å²) in [7, 11) is 3.93. The van der Waals surface area contributed by atoms with Crippen molar-refractivity contribution in [3.05, 3.63) is 53.5 Å². The van der Waals surface area contributed by atoms with Crippen LogP contribution in [0.1, 0.15) is 38.8 Å². The van der Waals surface area contributed by atoms with E-state index in [0.29, 0.717) is 11.7 Å². The Kier molecular flexibility index (Phi) is 6.36. The average molecular weight is 463 g/mol. The second-order valence-corrected chi connectivity index (χ2v) is 9.80. The maximum Gasteiger partial charge on any atom is 0.254 e. The number of nitrogens with one attached hydrogen (secondary N) is 1. The van der Waals surface area contributed by atoms with Crippen molar-refractivity contribution in [1.82, 2.24) is 29.6 Å². The third kappa shape index (κ3) is 4.99. The lowest BCUT2D eigenvalue weighted by Gasteiger charge is -2.35. The summed E-state index contributed by atoms with van der Waals surface area (Å²) in [6.07, 6.45) is 12.2. The Morgan fingerprint density at radius 2 is 2.06 bits per heavy atom. The van der Waals surface area contributed by atoms with Crippen LogP contribution in [0.25, 0.3) is 11.4 Å². The third-order valence-corrected chi connectivity index (χ3v) is 6.96. The Balaban J connectivity index is 1.29. The van der Waals surface area contributed by atoms with Gasteiger partial charge < -0.3 is 19.7 Å². The molecule has 9 nitrogen and oxygen atoms in total. The SMILES string of the molecule is CC(n1cnc(-c2cc(N(C)C)cnn2)c1)n1ccc(N2CCC[C@@H](NCC3CC3)C2)cc1=O. The zero-order valence-electron chi connectivity index (χ0n) is 20.3. The smallest absolute Gasteiger partial charge is 0.254 e. The normalized spacial score (nSPS) is 19.3. The minimum absolute atomic E-state index is 0.0114. The highest BCUT2D eigenvalue weighted by atomic mass is 16.1. The quantitative estimate of drug-likeness (QED) is 0.551. The average Bonchev–Trinajstić information content (AvgIpc) is 3.56. The molecule has 0 aromatic carbocycles. The van der Waals surface area contributed by atoms with Crippen LogP contribution >= 0.6 is 0 Å². The number of hydrogen-bond donors (Lipinski definition) is 1. The highest BCUT2D eigenvalue weighted by Crippen LogP contribution is 2.28. The van der Waals surface area contributed by atoms with Gasteiger partial charge >= 0.3 is 0 Å². The van der Waals surface area contributed by atoms with Crippen molar-refractivity contribution in [3.63, 3.8) is 0 Å². The van der Waals surface area contributed by atoms with E-state index in [-0.39, 0.29) is 11.7 Å². The molecule has 1 saturated heterocycles. The van der Waals surface area contributed by atoms with Crippen molar-refractivity contribution in [2.75, 3.05) is 43.5 Å². The number of rotatable bonds is 8. The minimum atomic E-state index is -0.206. The van der Waals surface area contributed by atoms with Crippen molar-refractivity contribution in [2.24, 2.45) is 5.92 Å². The van der Waals surface area contributed by atoms with Crippen LogP contribution in [0, 0.1) is 5.92 Å². The molecule has 1 unspecified atom stereocenters. The Hall–Kier alpha value is -3.20. The lowest BCUT2D eigenvalue weighted by Crippen LogP contribution is -2.46. The van der Waals surface area contributed by atoms with Gasteiger partial charge in [0.05, 0.1) is 18.2 Å². The summed E-state index contributed by atoms with van der Waals surface area (Å²) in [5.41, 5.74) is 3.39. The predicted octanol–water partition coefficient (Wildman–Crippen LogP) is 2.60. The maximum atomic E-state index is 13.1. The molecular formula is C25H34N8O. The Morgan fingerprint density at radius 3 is 2.82 bits per heavy atom. The molecule has 4 heterocycles. The molecule has 180 valence electrons. The molecule has 0 amide bonds. The van der Waals surface area contributed by atoms with E-state index in [1.165, 1.54) is 19.3 Å². The molecule has 34 heavy (non-hydrogen) atoms. The topological polar surface area (TPSA) is 84.1 Å². The lowest BCUT2D eigenvalue weighted by molar-refractivity contribution is 0.415. The zero-order valence-corrected chi connectivity index (χ0v) is 20.3. The van der Waals surface area contributed by atoms with Crippen molar-refractivity contribution >= 4 is 11.4 Å². The van der Waals surface area contributed by atoms with E-state index in [0.717, 1.165) is 49.0 Å². The molecule has 5 rings (SSSR count). The number of piperidine rings is 1. The van der Waals surface area contributed by atoms with E-state index < -0.39 is 0 Å². The van der Waals surface area contributed by atoms with E-state index in [4.69, 9.17) is 0 Å².